The summed E-state index contributed by atoms with van der Waals surface area (Å²) in [5.41, 5.74) is 18.0. The number of furan rings is 2. The quantitative estimate of drug-likeness (QED) is 0.153. The minimum Gasteiger partial charge on any atom is -0.455 e. The van der Waals surface area contributed by atoms with Crippen LogP contribution in [0.1, 0.15) is 0 Å². The molecule has 63 heavy (non-hydrogen) atoms. The molecule has 0 unspecified atom stereocenters. The first-order chi connectivity index (χ1) is 31.2. The first-order valence-electron chi connectivity index (χ1n) is 21.4. The van der Waals surface area contributed by atoms with Gasteiger partial charge in [-0.15, -0.1) is 0 Å². The summed E-state index contributed by atoms with van der Waals surface area (Å²) < 4.78 is 13.2. The van der Waals surface area contributed by atoms with Crippen LogP contribution in [-0.4, -0.2) is 0 Å². The van der Waals surface area contributed by atoms with Gasteiger partial charge in [0, 0.05) is 49.7 Å². The van der Waals surface area contributed by atoms with Crippen molar-refractivity contribution in [2.75, 3.05) is 4.90 Å². The van der Waals surface area contributed by atoms with Gasteiger partial charge in [-0.05, 0) is 99.1 Å². The highest BCUT2D eigenvalue weighted by Gasteiger charge is 2.20. The lowest BCUT2D eigenvalue weighted by Gasteiger charge is -2.26. The fourth-order valence-electron chi connectivity index (χ4n) is 9.27. The van der Waals surface area contributed by atoms with Crippen LogP contribution in [0.5, 0.6) is 0 Å². The van der Waals surface area contributed by atoms with Gasteiger partial charge in [0.2, 0.25) is 0 Å². The van der Waals surface area contributed by atoms with E-state index in [1.165, 1.54) is 11.1 Å². The number of nitrogens with zero attached hydrogens (tertiary/aromatic N) is 1. The summed E-state index contributed by atoms with van der Waals surface area (Å²) in [6.07, 6.45) is 0. The van der Waals surface area contributed by atoms with E-state index in [9.17, 15) is 0 Å². The van der Waals surface area contributed by atoms with Crippen LogP contribution >= 0.6 is 0 Å². The van der Waals surface area contributed by atoms with Crippen LogP contribution < -0.4 is 4.90 Å². The molecule has 0 bridgehead atoms. The Morgan fingerprint density at radius 3 is 1.32 bits per heavy atom. The molecule has 2 aromatic heterocycles. The topological polar surface area (TPSA) is 29.5 Å². The molecule has 0 saturated carbocycles. The van der Waals surface area contributed by atoms with E-state index in [-0.39, 0.29) is 0 Å². The third kappa shape index (κ3) is 6.46. The van der Waals surface area contributed by atoms with Crippen molar-refractivity contribution in [2.24, 2.45) is 0 Å². The van der Waals surface area contributed by atoms with Gasteiger partial charge in [0.25, 0.3) is 0 Å². The molecule has 0 fully saturated rings. The zero-order valence-electron chi connectivity index (χ0n) is 34.3. The van der Waals surface area contributed by atoms with Crippen LogP contribution in [0.2, 0.25) is 0 Å². The number of para-hydroxylation sites is 5. The highest BCUT2D eigenvalue weighted by molar-refractivity contribution is 6.12. The van der Waals surface area contributed by atoms with E-state index in [2.05, 4.69) is 217 Å². The zero-order valence-corrected chi connectivity index (χ0v) is 34.3. The lowest BCUT2D eigenvalue weighted by molar-refractivity contribution is 0.670. The van der Waals surface area contributed by atoms with Crippen molar-refractivity contribution in [1.82, 2.24) is 0 Å². The van der Waals surface area contributed by atoms with Gasteiger partial charge in [-0.25, -0.2) is 0 Å². The summed E-state index contributed by atoms with van der Waals surface area (Å²) >= 11 is 0. The first kappa shape index (κ1) is 36.5. The number of anilines is 3. The molecule has 0 atom stereocenters. The molecular formula is C60H39NO2. The number of rotatable bonds is 8. The van der Waals surface area contributed by atoms with Crippen molar-refractivity contribution in [3.05, 3.63) is 237 Å². The lowest BCUT2D eigenvalue weighted by Crippen LogP contribution is -2.10. The van der Waals surface area contributed by atoms with Crippen molar-refractivity contribution in [1.29, 1.82) is 0 Å². The van der Waals surface area contributed by atoms with E-state index in [4.69, 9.17) is 8.83 Å². The molecule has 0 N–H and O–H groups in total. The molecule has 0 aliphatic rings. The summed E-state index contributed by atoms with van der Waals surface area (Å²) in [6, 6.07) is 84.0. The van der Waals surface area contributed by atoms with Crippen molar-refractivity contribution >= 4 is 60.9 Å². The smallest absolute Gasteiger partial charge is 0.143 e. The molecule has 0 amide bonds. The monoisotopic (exact) mass is 805 g/mol. The average Bonchev–Trinajstić information content (AvgIpc) is 3.94. The molecule has 12 aromatic rings. The zero-order chi connectivity index (χ0) is 41.7. The van der Waals surface area contributed by atoms with Crippen LogP contribution in [0.4, 0.5) is 17.1 Å². The van der Waals surface area contributed by atoms with Crippen LogP contribution in [0, 0.1) is 0 Å². The highest BCUT2D eigenvalue weighted by Crippen LogP contribution is 2.44. The lowest BCUT2D eigenvalue weighted by atomic mass is 9.89. The van der Waals surface area contributed by atoms with Crippen molar-refractivity contribution < 1.29 is 8.83 Å². The highest BCUT2D eigenvalue weighted by atomic mass is 16.3. The van der Waals surface area contributed by atoms with E-state index in [0.29, 0.717) is 0 Å². The second-order valence-electron chi connectivity index (χ2n) is 16.0. The van der Waals surface area contributed by atoms with Crippen molar-refractivity contribution in [3.8, 4) is 55.6 Å². The fraction of sp³-hybridized carbons (Fsp3) is 0. The summed E-state index contributed by atoms with van der Waals surface area (Å²) in [7, 11) is 0. The number of hydrogen-bond donors (Lipinski definition) is 0. The molecule has 12 rings (SSSR count). The van der Waals surface area contributed by atoms with Crippen LogP contribution in [0.15, 0.2) is 245 Å². The Hall–Kier alpha value is -8.40. The molecule has 2 heterocycles. The SMILES string of the molecule is c1ccc(-c2cccc(N(c3ccccc3)c3cccc(-c4ccc(-c5ccc(-c6cccc7c6oc6ccccc67)cc5-c5cccc6c5oc5ccccc56)cc4)c3)c2)cc1. The van der Waals surface area contributed by atoms with Gasteiger partial charge in [-0.2, -0.15) is 0 Å². The molecule has 0 saturated heterocycles. The fourth-order valence-corrected chi connectivity index (χ4v) is 9.27. The Morgan fingerprint density at radius 2 is 0.683 bits per heavy atom. The van der Waals surface area contributed by atoms with Crippen molar-refractivity contribution in [3.63, 3.8) is 0 Å². The van der Waals surface area contributed by atoms with Crippen LogP contribution in [0.3, 0.4) is 0 Å². The maximum Gasteiger partial charge on any atom is 0.143 e. The van der Waals surface area contributed by atoms with E-state index < -0.39 is 0 Å². The van der Waals surface area contributed by atoms with Gasteiger partial charge in [0.05, 0.1) is 0 Å². The standard InChI is InChI=1S/C60H39NO2/c1-3-15-40(16-4-1)43-17-11-21-47(37-43)61(46-19-5-2-6-20-46)48-22-12-18-44(38-48)41-31-33-42(34-32-41)49-36-35-45(50-25-13-26-53-51-23-7-9-29-57(51)62-59(50)53)39-56(49)55-28-14-27-54-52-24-8-10-30-58(52)63-60(54)55/h1-39H. The minimum absolute atomic E-state index is 0.879. The maximum atomic E-state index is 6.66. The van der Waals surface area contributed by atoms with E-state index in [0.717, 1.165) is 105 Å². The normalized spacial score (nSPS) is 11.5. The van der Waals surface area contributed by atoms with Gasteiger partial charge in [-0.3, -0.25) is 0 Å². The molecule has 0 aliphatic carbocycles. The summed E-state index contributed by atoms with van der Waals surface area (Å²) in [4.78, 5) is 2.34. The van der Waals surface area contributed by atoms with Gasteiger partial charge in [0.15, 0.2) is 0 Å². The Bertz CT molecular complexity index is 3620. The predicted molar refractivity (Wildman–Crippen MR) is 263 cm³/mol. The van der Waals surface area contributed by atoms with E-state index >= 15 is 0 Å². The molecular weight excluding hydrogens is 767 g/mol. The molecule has 3 heteroatoms. The molecule has 3 nitrogen and oxygen atoms in total. The Kier molecular flexibility index (Phi) is 8.83. The van der Waals surface area contributed by atoms with Gasteiger partial charge in [-0.1, -0.05) is 182 Å². The average molecular weight is 806 g/mol. The molecule has 0 radical (unpaired) electrons. The van der Waals surface area contributed by atoms with E-state index in [1.807, 2.05) is 24.3 Å². The molecule has 0 spiro atoms. The molecule has 0 aliphatic heterocycles. The third-order valence-electron chi connectivity index (χ3n) is 12.3. The summed E-state index contributed by atoms with van der Waals surface area (Å²) in [5, 5.41) is 4.44. The third-order valence-corrected chi connectivity index (χ3v) is 12.3. The van der Waals surface area contributed by atoms with Gasteiger partial charge >= 0.3 is 0 Å². The second kappa shape index (κ2) is 15.3. The van der Waals surface area contributed by atoms with Crippen LogP contribution in [-0.2, 0) is 0 Å². The number of benzene rings is 10. The maximum absolute atomic E-state index is 6.66. The first-order valence-corrected chi connectivity index (χ1v) is 21.4. The van der Waals surface area contributed by atoms with Crippen LogP contribution in [0.25, 0.3) is 99.5 Å². The number of fused-ring (bicyclic) bond motifs is 6. The molecule has 10 aromatic carbocycles. The van der Waals surface area contributed by atoms with Gasteiger partial charge in [0.1, 0.15) is 22.3 Å². The van der Waals surface area contributed by atoms with Gasteiger partial charge < -0.3 is 13.7 Å². The Balaban J connectivity index is 0.965. The molecule has 296 valence electrons. The summed E-state index contributed by atoms with van der Waals surface area (Å²) in [6.45, 7) is 0. The Labute approximate surface area is 365 Å². The minimum atomic E-state index is 0.879. The van der Waals surface area contributed by atoms with E-state index in [1.54, 1.807) is 0 Å². The van der Waals surface area contributed by atoms with Crippen molar-refractivity contribution in [2.45, 2.75) is 0 Å². The second-order valence-corrected chi connectivity index (χ2v) is 16.0. The summed E-state index contributed by atoms with van der Waals surface area (Å²) in [5.74, 6) is 0. The Morgan fingerprint density at radius 1 is 0.238 bits per heavy atom. The number of hydrogen-bond acceptors (Lipinski definition) is 3. The largest absolute Gasteiger partial charge is 0.455 e. The predicted octanol–water partition coefficient (Wildman–Crippen LogP) is 17.3.